The first-order chi connectivity index (χ1) is 17.7. The summed E-state index contributed by atoms with van der Waals surface area (Å²) < 4.78 is 61.1. The number of amides is 1. The van der Waals surface area contributed by atoms with Crippen LogP contribution in [0.5, 0.6) is 0 Å². The molecule has 37 heavy (non-hydrogen) atoms. The molecule has 2 heterocycles. The van der Waals surface area contributed by atoms with Gasteiger partial charge in [-0.3, -0.25) is 9.59 Å². The van der Waals surface area contributed by atoms with Gasteiger partial charge in [0.2, 0.25) is 26.0 Å². The van der Waals surface area contributed by atoms with Crippen LogP contribution in [0.4, 0.5) is 0 Å². The maximum Gasteiger partial charge on any atom is 0.309 e. The molecule has 2 aliphatic heterocycles. The van der Waals surface area contributed by atoms with Gasteiger partial charge < -0.3 is 9.64 Å². The fourth-order valence-corrected chi connectivity index (χ4v) is 7.77. The van der Waals surface area contributed by atoms with E-state index in [0.29, 0.717) is 12.8 Å². The van der Waals surface area contributed by atoms with Crippen LogP contribution in [0.25, 0.3) is 0 Å². The highest BCUT2D eigenvalue weighted by molar-refractivity contribution is 7.89. The third-order valence-corrected chi connectivity index (χ3v) is 10.5. The molecule has 2 aromatic rings. The van der Waals surface area contributed by atoms with Crippen molar-refractivity contribution in [3.05, 3.63) is 60.7 Å². The van der Waals surface area contributed by atoms with Crippen LogP contribution in [0.3, 0.4) is 0 Å². The van der Waals surface area contributed by atoms with Crippen molar-refractivity contribution in [3.63, 3.8) is 0 Å². The summed E-state index contributed by atoms with van der Waals surface area (Å²) in [6.45, 7) is 1.96. The van der Waals surface area contributed by atoms with Gasteiger partial charge in [-0.2, -0.15) is 8.61 Å². The molecule has 0 spiro atoms. The number of benzene rings is 2. The zero-order chi connectivity index (χ0) is 26.6. The maximum atomic E-state index is 13.7. The zero-order valence-corrected chi connectivity index (χ0v) is 22.2. The van der Waals surface area contributed by atoms with E-state index >= 15 is 0 Å². The Morgan fingerprint density at radius 3 is 1.89 bits per heavy atom. The standard InChI is InChI=1S/C25H31N3O7S2/c1-2-35-25(30)20-13-15-26(16-14-20)24(29)23-19-27(36(31,32)21-9-5-3-6-10-21)17-18-28(23)37(33,34)22-11-7-4-8-12-22/h3-12,20,23H,2,13-19H2,1H3/t23-/m0/s1. The number of nitrogens with zero attached hydrogens (tertiary/aromatic N) is 3. The summed E-state index contributed by atoms with van der Waals surface area (Å²) in [6.07, 6.45) is 0.795. The molecule has 0 radical (unpaired) electrons. The molecule has 0 bridgehead atoms. The maximum absolute atomic E-state index is 13.7. The van der Waals surface area contributed by atoms with Crippen LogP contribution in [-0.4, -0.2) is 87.6 Å². The average molecular weight is 550 g/mol. The highest BCUT2D eigenvalue weighted by Gasteiger charge is 2.45. The third-order valence-electron chi connectivity index (χ3n) is 6.74. The first kappa shape index (κ1) is 27.2. The van der Waals surface area contributed by atoms with Gasteiger partial charge in [-0.25, -0.2) is 16.8 Å². The van der Waals surface area contributed by atoms with E-state index in [4.69, 9.17) is 4.74 Å². The molecule has 10 nitrogen and oxygen atoms in total. The van der Waals surface area contributed by atoms with Gasteiger partial charge in [0.05, 0.1) is 22.3 Å². The van der Waals surface area contributed by atoms with Gasteiger partial charge in [-0.05, 0) is 44.0 Å². The van der Waals surface area contributed by atoms with Gasteiger partial charge in [-0.15, -0.1) is 0 Å². The lowest BCUT2D eigenvalue weighted by atomic mass is 9.96. The lowest BCUT2D eigenvalue weighted by Crippen LogP contribution is -2.62. The zero-order valence-electron chi connectivity index (χ0n) is 20.6. The quantitative estimate of drug-likeness (QED) is 0.481. The molecule has 2 aliphatic rings. The molecular formula is C25H31N3O7S2. The fraction of sp³-hybridized carbons (Fsp3) is 0.440. The van der Waals surface area contributed by atoms with Crippen LogP contribution in [0.1, 0.15) is 19.8 Å². The lowest BCUT2D eigenvalue weighted by molar-refractivity contribution is -0.152. The molecule has 0 N–H and O–H groups in total. The van der Waals surface area contributed by atoms with Gasteiger partial charge in [-0.1, -0.05) is 36.4 Å². The highest BCUT2D eigenvalue weighted by atomic mass is 32.2. The Bertz CT molecular complexity index is 1310. The molecule has 12 heteroatoms. The summed E-state index contributed by atoms with van der Waals surface area (Å²) in [5, 5.41) is 0. The molecule has 0 unspecified atom stereocenters. The monoisotopic (exact) mass is 549 g/mol. The first-order valence-corrected chi connectivity index (χ1v) is 15.1. The second-order valence-electron chi connectivity index (χ2n) is 8.97. The SMILES string of the molecule is CCOC(=O)C1CCN(C(=O)[C@@H]2CN(S(=O)(=O)c3ccccc3)CCN2S(=O)(=O)c2ccccc2)CC1. The number of esters is 1. The largest absolute Gasteiger partial charge is 0.466 e. The number of piperazine rings is 1. The second kappa shape index (κ2) is 11.3. The van der Waals surface area contributed by atoms with Crippen molar-refractivity contribution in [2.45, 2.75) is 35.6 Å². The number of sulfonamides is 2. The molecule has 2 fully saturated rings. The van der Waals surface area contributed by atoms with E-state index in [2.05, 4.69) is 0 Å². The minimum Gasteiger partial charge on any atom is -0.466 e. The number of ether oxygens (including phenoxy) is 1. The number of rotatable bonds is 7. The van der Waals surface area contributed by atoms with Crippen molar-refractivity contribution in [1.82, 2.24) is 13.5 Å². The molecule has 1 amide bonds. The fourth-order valence-electron chi connectivity index (χ4n) is 4.72. The Morgan fingerprint density at radius 2 is 1.35 bits per heavy atom. The molecule has 2 aromatic carbocycles. The Kier molecular flexibility index (Phi) is 8.32. The summed E-state index contributed by atoms with van der Waals surface area (Å²) in [5.41, 5.74) is 0. The average Bonchev–Trinajstić information content (AvgIpc) is 2.93. The van der Waals surface area contributed by atoms with E-state index in [1.807, 2.05) is 0 Å². The molecular weight excluding hydrogens is 518 g/mol. The summed E-state index contributed by atoms with van der Waals surface area (Å²) in [6, 6.07) is 14.4. The van der Waals surface area contributed by atoms with Crippen LogP contribution in [0.2, 0.25) is 0 Å². The number of hydrogen-bond acceptors (Lipinski definition) is 7. The summed E-state index contributed by atoms with van der Waals surface area (Å²) in [5.74, 6) is -1.11. The number of piperidine rings is 1. The summed E-state index contributed by atoms with van der Waals surface area (Å²) in [7, 11) is -8.01. The van der Waals surface area contributed by atoms with Crippen molar-refractivity contribution in [2.24, 2.45) is 5.92 Å². The van der Waals surface area contributed by atoms with Gasteiger partial charge in [0.1, 0.15) is 6.04 Å². The molecule has 200 valence electrons. The normalized spacial score (nSPS) is 20.5. The Morgan fingerprint density at radius 1 is 0.811 bits per heavy atom. The highest BCUT2D eigenvalue weighted by Crippen LogP contribution is 2.28. The van der Waals surface area contributed by atoms with Crippen molar-refractivity contribution < 1.29 is 31.2 Å². The van der Waals surface area contributed by atoms with Crippen LogP contribution < -0.4 is 0 Å². The van der Waals surface area contributed by atoms with E-state index in [-0.39, 0.29) is 61.0 Å². The number of hydrogen-bond donors (Lipinski definition) is 0. The molecule has 0 aromatic heterocycles. The first-order valence-electron chi connectivity index (χ1n) is 12.2. The van der Waals surface area contributed by atoms with Gasteiger partial charge in [0, 0.05) is 32.7 Å². The molecule has 0 aliphatic carbocycles. The van der Waals surface area contributed by atoms with E-state index < -0.39 is 32.0 Å². The lowest BCUT2D eigenvalue weighted by Gasteiger charge is -2.42. The van der Waals surface area contributed by atoms with Crippen molar-refractivity contribution in [2.75, 3.05) is 39.3 Å². The van der Waals surface area contributed by atoms with Crippen LogP contribution in [0, 0.1) is 5.92 Å². The third kappa shape index (κ3) is 5.71. The number of likely N-dealkylation sites (tertiary alicyclic amines) is 1. The molecule has 2 saturated heterocycles. The Balaban J connectivity index is 1.61. The minimum atomic E-state index is -4.07. The van der Waals surface area contributed by atoms with E-state index in [0.717, 1.165) is 4.31 Å². The topological polar surface area (TPSA) is 121 Å². The predicted octanol–water partition coefficient (Wildman–Crippen LogP) is 1.55. The van der Waals surface area contributed by atoms with E-state index in [1.165, 1.54) is 33.5 Å². The van der Waals surface area contributed by atoms with E-state index in [1.54, 1.807) is 43.3 Å². The van der Waals surface area contributed by atoms with Crippen molar-refractivity contribution in [3.8, 4) is 0 Å². The Hall–Kier alpha value is -2.80. The molecule has 0 saturated carbocycles. The number of carbonyl (C=O) groups is 2. The predicted molar refractivity (Wildman–Crippen MR) is 135 cm³/mol. The molecule has 4 rings (SSSR count). The molecule has 1 atom stereocenters. The smallest absolute Gasteiger partial charge is 0.309 e. The summed E-state index contributed by atoms with van der Waals surface area (Å²) in [4.78, 5) is 27.5. The number of carbonyl (C=O) groups excluding carboxylic acids is 2. The second-order valence-corrected chi connectivity index (χ2v) is 12.8. The van der Waals surface area contributed by atoms with Crippen LogP contribution in [-0.2, 0) is 34.4 Å². The van der Waals surface area contributed by atoms with E-state index in [9.17, 15) is 26.4 Å². The van der Waals surface area contributed by atoms with Gasteiger partial charge in [0.25, 0.3) is 0 Å². The minimum absolute atomic E-state index is 0.0354. The van der Waals surface area contributed by atoms with Crippen molar-refractivity contribution >= 4 is 31.9 Å². The van der Waals surface area contributed by atoms with Crippen LogP contribution in [0.15, 0.2) is 70.5 Å². The van der Waals surface area contributed by atoms with Crippen molar-refractivity contribution in [1.29, 1.82) is 0 Å². The van der Waals surface area contributed by atoms with Gasteiger partial charge >= 0.3 is 5.97 Å². The van der Waals surface area contributed by atoms with Gasteiger partial charge in [0.15, 0.2) is 0 Å². The summed E-state index contributed by atoms with van der Waals surface area (Å²) >= 11 is 0. The Labute approximate surface area is 217 Å². The van der Waals surface area contributed by atoms with Crippen LogP contribution >= 0.6 is 0 Å².